The summed E-state index contributed by atoms with van der Waals surface area (Å²) in [4.78, 5) is 11.1. The van der Waals surface area contributed by atoms with E-state index in [9.17, 15) is 0 Å². The summed E-state index contributed by atoms with van der Waals surface area (Å²) in [5.41, 5.74) is 1.02. The largest absolute Gasteiger partial charge is 0.369 e. The fraction of sp³-hybridized carbons (Fsp3) is 0.692. The summed E-state index contributed by atoms with van der Waals surface area (Å²) in [6, 6.07) is 0.577. The number of hydrogen-bond donors (Lipinski definition) is 1. The highest BCUT2D eigenvalue weighted by Gasteiger charge is 2.10. The van der Waals surface area contributed by atoms with E-state index in [1.807, 2.05) is 18.0 Å². The Morgan fingerprint density at radius 1 is 1.39 bits per heavy atom. The highest BCUT2D eigenvalue weighted by molar-refractivity contribution is 7.98. The fourth-order valence-corrected chi connectivity index (χ4v) is 2.21. The normalized spacial score (nSPS) is 12.7. The van der Waals surface area contributed by atoms with E-state index in [0.717, 1.165) is 24.6 Å². The lowest BCUT2D eigenvalue weighted by Crippen LogP contribution is -2.29. The van der Waals surface area contributed by atoms with Gasteiger partial charge in [0, 0.05) is 19.1 Å². The molecular weight excluding hydrogens is 244 g/mol. The molecule has 0 radical (unpaired) electrons. The van der Waals surface area contributed by atoms with Crippen LogP contribution in [0.1, 0.15) is 26.0 Å². The molecule has 0 saturated carbocycles. The van der Waals surface area contributed by atoms with Crippen LogP contribution >= 0.6 is 11.8 Å². The topological polar surface area (TPSA) is 41.1 Å². The van der Waals surface area contributed by atoms with Crippen LogP contribution < -0.4 is 5.32 Å². The Morgan fingerprint density at radius 2 is 2.17 bits per heavy atom. The van der Waals surface area contributed by atoms with Crippen LogP contribution in [-0.2, 0) is 6.54 Å². The minimum atomic E-state index is 0.577. The van der Waals surface area contributed by atoms with E-state index in [-0.39, 0.29) is 0 Å². The molecule has 0 spiro atoms. The van der Waals surface area contributed by atoms with Crippen LogP contribution in [-0.4, -0.2) is 46.5 Å². The van der Waals surface area contributed by atoms with Gasteiger partial charge in [-0.15, -0.1) is 0 Å². The smallest absolute Gasteiger partial charge is 0.144 e. The van der Waals surface area contributed by atoms with Gasteiger partial charge in [0.25, 0.3) is 0 Å². The Kier molecular flexibility index (Phi) is 7.05. The molecule has 0 bridgehead atoms. The summed E-state index contributed by atoms with van der Waals surface area (Å²) in [5, 5.41) is 3.15. The first kappa shape index (κ1) is 15.2. The third kappa shape index (κ3) is 5.23. The van der Waals surface area contributed by atoms with Crippen molar-refractivity contribution in [2.75, 3.05) is 30.9 Å². The maximum absolute atomic E-state index is 4.43. The number of thioether (sulfide) groups is 1. The molecule has 0 fully saturated rings. The predicted octanol–water partition coefficient (Wildman–Crippen LogP) is 2.48. The molecule has 1 atom stereocenters. The maximum Gasteiger partial charge on any atom is 0.144 e. The first-order valence-corrected chi connectivity index (χ1v) is 7.80. The summed E-state index contributed by atoms with van der Waals surface area (Å²) in [5.74, 6) is 2.05. The molecule has 1 heterocycles. The van der Waals surface area contributed by atoms with Gasteiger partial charge in [0.1, 0.15) is 5.82 Å². The highest BCUT2D eigenvalue weighted by Crippen LogP contribution is 2.09. The quantitative estimate of drug-likeness (QED) is 0.784. The van der Waals surface area contributed by atoms with Crippen molar-refractivity contribution < 1.29 is 0 Å². The van der Waals surface area contributed by atoms with E-state index in [1.54, 1.807) is 6.20 Å². The molecule has 1 rings (SSSR count). The lowest BCUT2D eigenvalue weighted by molar-refractivity contribution is 0.242. The summed E-state index contributed by atoms with van der Waals surface area (Å²) in [6.45, 7) is 6.04. The molecule has 102 valence electrons. The molecule has 1 N–H and O–H groups in total. The van der Waals surface area contributed by atoms with Gasteiger partial charge in [0.05, 0.1) is 18.1 Å². The Hall–Kier alpha value is -0.810. The van der Waals surface area contributed by atoms with Crippen LogP contribution in [0.3, 0.4) is 0 Å². The molecule has 0 aliphatic heterocycles. The molecule has 0 saturated heterocycles. The van der Waals surface area contributed by atoms with Gasteiger partial charge in [0.2, 0.25) is 0 Å². The second kappa shape index (κ2) is 8.32. The minimum Gasteiger partial charge on any atom is -0.369 e. The zero-order valence-electron chi connectivity index (χ0n) is 11.8. The van der Waals surface area contributed by atoms with E-state index in [0.29, 0.717) is 6.04 Å². The van der Waals surface area contributed by atoms with Crippen LogP contribution in [0.2, 0.25) is 0 Å². The van der Waals surface area contributed by atoms with Crippen LogP contribution in [0.5, 0.6) is 0 Å². The van der Waals surface area contributed by atoms with Gasteiger partial charge < -0.3 is 5.32 Å². The molecule has 1 aromatic rings. The number of nitrogens with one attached hydrogen (secondary N) is 1. The van der Waals surface area contributed by atoms with Crippen molar-refractivity contribution in [3.63, 3.8) is 0 Å². The van der Waals surface area contributed by atoms with Crippen molar-refractivity contribution in [2.24, 2.45) is 0 Å². The predicted molar refractivity (Wildman–Crippen MR) is 80.1 cm³/mol. The van der Waals surface area contributed by atoms with Gasteiger partial charge >= 0.3 is 0 Å². The van der Waals surface area contributed by atoms with Gasteiger partial charge in [-0.3, -0.25) is 9.88 Å². The number of rotatable bonds is 8. The van der Waals surface area contributed by atoms with Gasteiger partial charge in [0.15, 0.2) is 0 Å². The Morgan fingerprint density at radius 3 is 2.72 bits per heavy atom. The number of anilines is 1. The summed E-state index contributed by atoms with van der Waals surface area (Å²) in [6.07, 6.45) is 7.02. The Bertz CT molecular complexity index is 328. The Labute approximate surface area is 115 Å². The molecule has 0 aromatic carbocycles. The second-order valence-electron chi connectivity index (χ2n) is 4.47. The van der Waals surface area contributed by atoms with Crippen molar-refractivity contribution >= 4 is 17.6 Å². The molecule has 5 heteroatoms. The average molecular weight is 268 g/mol. The van der Waals surface area contributed by atoms with E-state index in [2.05, 4.69) is 47.3 Å². The molecule has 1 unspecified atom stereocenters. The summed E-state index contributed by atoms with van der Waals surface area (Å²) in [7, 11) is 2.14. The van der Waals surface area contributed by atoms with Crippen molar-refractivity contribution in [3.8, 4) is 0 Å². The zero-order chi connectivity index (χ0) is 13.4. The summed E-state index contributed by atoms with van der Waals surface area (Å²) < 4.78 is 0. The highest BCUT2D eigenvalue weighted by atomic mass is 32.2. The molecule has 1 aromatic heterocycles. The third-order valence-corrected chi connectivity index (χ3v) is 3.61. The number of nitrogens with zero attached hydrogens (tertiary/aromatic N) is 3. The van der Waals surface area contributed by atoms with Crippen LogP contribution in [0, 0.1) is 0 Å². The Balaban J connectivity index is 2.45. The van der Waals surface area contributed by atoms with Crippen molar-refractivity contribution in [2.45, 2.75) is 32.9 Å². The van der Waals surface area contributed by atoms with Gasteiger partial charge in [-0.2, -0.15) is 11.8 Å². The molecule has 18 heavy (non-hydrogen) atoms. The van der Waals surface area contributed by atoms with E-state index >= 15 is 0 Å². The average Bonchev–Trinajstić information content (AvgIpc) is 2.38. The monoisotopic (exact) mass is 268 g/mol. The van der Waals surface area contributed by atoms with E-state index < -0.39 is 0 Å². The van der Waals surface area contributed by atoms with Crippen molar-refractivity contribution in [3.05, 3.63) is 18.1 Å². The van der Waals surface area contributed by atoms with E-state index in [4.69, 9.17) is 0 Å². The van der Waals surface area contributed by atoms with Crippen LogP contribution in [0.4, 0.5) is 5.82 Å². The molecule has 0 amide bonds. The van der Waals surface area contributed by atoms with Crippen LogP contribution in [0.25, 0.3) is 0 Å². The number of hydrogen-bond acceptors (Lipinski definition) is 5. The lowest BCUT2D eigenvalue weighted by Gasteiger charge is -2.23. The lowest BCUT2D eigenvalue weighted by atomic mass is 10.2. The first-order valence-electron chi connectivity index (χ1n) is 6.41. The first-order chi connectivity index (χ1) is 8.67. The van der Waals surface area contributed by atoms with E-state index in [1.165, 1.54) is 12.2 Å². The fourth-order valence-electron chi connectivity index (χ4n) is 1.63. The minimum absolute atomic E-state index is 0.577. The van der Waals surface area contributed by atoms with Crippen LogP contribution in [0.15, 0.2) is 12.4 Å². The molecule has 4 nitrogen and oxygen atoms in total. The number of aromatic nitrogens is 2. The SMILES string of the molecule is CCNc1cnc(CN(C)C(C)CCSC)cn1. The third-order valence-electron chi connectivity index (χ3n) is 2.97. The second-order valence-corrected chi connectivity index (χ2v) is 5.45. The molecule has 0 aliphatic carbocycles. The summed E-state index contributed by atoms with van der Waals surface area (Å²) >= 11 is 1.90. The van der Waals surface area contributed by atoms with Gasteiger partial charge in [-0.25, -0.2) is 4.98 Å². The van der Waals surface area contributed by atoms with Crippen molar-refractivity contribution in [1.29, 1.82) is 0 Å². The maximum atomic E-state index is 4.43. The van der Waals surface area contributed by atoms with Crippen molar-refractivity contribution in [1.82, 2.24) is 14.9 Å². The van der Waals surface area contributed by atoms with Gasteiger partial charge in [-0.05, 0) is 39.3 Å². The zero-order valence-corrected chi connectivity index (χ0v) is 12.6. The molecule has 0 aliphatic rings. The molecular formula is C13H24N4S. The standard InChI is InChI=1S/C13H24N4S/c1-5-14-13-9-15-12(8-16-13)10-17(3)11(2)6-7-18-4/h8-9,11H,5-7,10H2,1-4H3,(H,14,16). The van der Waals surface area contributed by atoms with Gasteiger partial charge in [-0.1, -0.05) is 0 Å².